The van der Waals surface area contributed by atoms with Crippen LogP contribution in [0.1, 0.15) is 22.8 Å². The molecule has 2 atom stereocenters. The van der Waals surface area contributed by atoms with Gasteiger partial charge in [0.05, 0.1) is 6.04 Å². The highest BCUT2D eigenvalue weighted by molar-refractivity contribution is 5.38. The Morgan fingerprint density at radius 1 is 0.815 bits per heavy atom. The molecule has 4 rings (SSSR count). The predicted molar refractivity (Wildman–Crippen MR) is 108 cm³/mol. The van der Waals surface area contributed by atoms with E-state index in [1.165, 1.54) is 11.1 Å². The summed E-state index contributed by atoms with van der Waals surface area (Å²) >= 11 is 0. The van der Waals surface area contributed by atoms with E-state index in [1.807, 2.05) is 42.5 Å². The quantitative estimate of drug-likeness (QED) is 0.627. The molecule has 138 valence electrons. The molecule has 3 nitrogen and oxygen atoms in total. The van der Waals surface area contributed by atoms with E-state index in [0.717, 1.165) is 23.5 Å². The van der Waals surface area contributed by atoms with Gasteiger partial charge in [0.25, 0.3) is 0 Å². The molecule has 0 bridgehead atoms. The van der Waals surface area contributed by atoms with Crippen molar-refractivity contribution in [3.63, 3.8) is 0 Å². The molecule has 0 amide bonds. The molecule has 3 aromatic carbocycles. The molecule has 1 aliphatic rings. The van der Waals surface area contributed by atoms with E-state index >= 15 is 0 Å². The maximum absolute atomic E-state index is 6.40. The molecular weight excluding hydrogens is 334 g/mol. The Morgan fingerprint density at radius 2 is 1.48 bits per heavy atom. The maximum Gasteiger partial charge on any atom is 0.140 e. The van der Waals surface area contributed by atoms with E-state index in [-0.39, 0.29) is 6.10 Å². The van der Waals surface area contributed by atoms with Crippen molar-refractivity contribution < 1.29 is 9.47 Å². The number of benzene rings is 3. The van der Waals surface area contributed by atoms with Gasteiger partial charge in [-0.3, -0.25) is 0 Å². The van der Waals surface area contributed by atoms with Crippen LogP contribution in [0.5, 0.6) is 11.5 Å². The van der Waals surface area contributed by atoms with E-state index in [1.54, 1.807) is 0 Å². The standard InChI is InChI=1S/C24H25NO2/c1-25(2)23-16-19-10-6-7-11-22(19)24(23)27-21-14-12-20(13-15-21)26-17-18-8-4-3-5-9-18/h3-15,23-24H,16-17H2,1-2H3/t23-,24+/m0/s1. The summed E-state index contributed by atoms with van der Waals surface area (Å²) in [6, 6.07) is 27.1. The molecule has 3 heteroatoms. The van der Waals surface area contributed by atoms with Crippen LogP contribution in [-0.4, -0.2) is 25.0 Å². The first-order valence-electron chi connectivity index (χ1n) is 9.38. The molecule has 0 fully saturated rings. The fraction of sp³-hybridized carbons (Fsp3) is 0.250. The highest BCUT2D eigenvalue weighted by atomic mass is 16.5. The molecule has 0 heterocycles. The molecule has 0 radical (unpaired) electrons. The molecular formula is C24H25NO2. The summed E-state index contributed by atoms with van der Waals surface area (Å²) in [5, 5.41) is 0. The molecule has 0 unspecified atom stereocenters. The Labute approximate surface area is 161 Å². The monoisotopic (exact) mass is 359 g/mol. The van der Waals surface area contributed by atoms with E-state index in [9.17, 15) is 0 Å². The van der Waals surface area contributed by atoms with Crippen molar-refractivity contribution in [3.05, 3.63) is 95.6 Å². The van der Waals surface area contributed by atoms with Crippen molar-refractivity contribution in [2.24, 2.45) is 0 Å². The fourth-order valence-electron chi connectivity index (χ4n) is 3.63. The largest absolute Gasteiger partial charge is 0.489 e. The molecule has 0 aliphatic heterocycles. The van der Waals surface area contributed by atoms with E-state index in [4.69, 9.17) is 9.47 Å². The third-order valence-electron chi connectivity index (χ3n) is 5.14. The number of hydrogen-bond acceptors (Lipinski definition) is 3. The van der Waals surface area contributed by atoms with Gasteiger partial charge in [-0.1, -0.05) is 54.6 Å². The Bertz CT molecular complexity index is 874. The second kappa shape index (κ2) is 7.85. The van der Waals surface area contributed by atoms with Crippen molar-refractivity contribution >= 4 is 0 Å². The molecule has 27 heavy (non-hydrogen) atoms. The summed E-state index contributed by atoms with van der Waals surface area (Å²) in [5.41, 5.74) is 3.83. The van der Waals surface area contributed by atoms with Gasteiger partial charge in [-0.2, -0.15) is 0 Å². The molecule has 0 spiro atoms. The third-order valence-corrected chi connectivity index (χ3v) is 5.14. The SMILES string of the molecule is CN(C)[C@H]1Cc2ccccc2[C@H]1Oc1ccc(OCc2ccccc2)cc1. The number of likely N-dealkylation sites (N-methyl/N-ethyl adjacent to an activating group) is 1. The molecule has 0 N–H and O–H groups in total. The lowest BCUT2D eigenvalue weighted by atomic mass is 10.1. The number of fused-ring (bicyclic) bond motifs is 1. The minimum Gasteiger partial charge on any atom is -0.489 e. The van der Waals surface area contributed by atoms with Crippen molar-refractivity contribution in [2.75, 3.05) is 14.1 Å². The van der Waals surface area contributed by atoms with Gasteiger partial charge < -0.3 is 14.4 Å². The van der Waals surface area contributed by atoms with Gasteiger partial charge in [0, 0.05) is 0 Å². The van der Waals surface area contributed by atoms with E-state index < -0.39 is 0 Å². The zero-order valence-electron chi connectivity index (χ0n) is 15.8. The Morgan fingerprint density at radius 3 is 2.22 bits per heavy atom. The van der Waals surface area contributed by atoms with Crippen LogP contribution in [0, 0.1) is 0 Å². The van der Waals surface area contributed by atoms with Gasteiger partial charge in [-0.15, -0.1) is 0 Å². The Kier molecular flexibility index (Phi) is 5.12. The number of nitrogens with zero attached hydrogens (tertiary/aromatic N) is 1. The fourth-order valence-corrected chi connectivity index (χ4v) is 3.63. The highest BCUT2D eigenvalue weighted by Crippen LogP contribution is 2.37. The Hall–Kier alpha value is -2.78. The van der Waals surface area contributed by atoms with Gasteiger partial charge in [-0.25, -0.2) is 0 Å². The summed E-state index contributed by atoms with van der Waals surface area (Å²) in [5.74, 6) is 1.72. The van der Waals surface area contributed by atoms with Crippen molar-refractivity contribution in [2.45, 2.75) is 25.2 Å². The van der Waals surface area contributed by atoms with Crippen LogP contribution in [0.15, 0.2) is 78.9 Å². The number of hydrogen-bond donors (Lipinski definition) is 0. The zero-order valence-corrected chi connectivity index (χ0v) is 15.8. The maximum atomic E-state index is 6.40. The molecule has 0 aromatic heterocycles. The number of rotatable bonds is 6. The van der Waals surface area contributed by atoms with Crippen molar-refractivity contribution in [3.8, 4) is 11.5 Å². The lowest BCUT2D eigenvalue weighted by molar-refractivity contribution is 0.111. The van der Waals surface area contributed by atoms with Crippen molar-refractivity contribution in [1.82, 2.24) is 4.90 Å². The van der Waals surface area contributed by atoms with Crippen LogP contribution in [0.25, 0.3) is 0 Å². The van der Waals surface area contributed by atoms with Gasteiger partial charge in [0.15, 0.2) is 0 Å². The lowest BCUT2D eigenvalue weighted by Crippen LogP contribution is -2.34. The van der Waals surface area contributed by atoms with E-state index in [0.29, 0.717) is 12.6 Å². The van der Waals surface area contributed by atoms with Crippen LogP contribution in [-0.2, 0) is 13.0 Å². The first-order valence-corrected chi connectivity index (χ1v) is 9.38. The Balaban J connectivity index is 1.44. The smallest absolute Gasteiger partial charge is 0.140 e. The second-order valence-electron chi connectivity index (χ2n) is 7.22. The minimum atomic E-state index is 0.0484. The topological polar surface area (TPSA) is 21.7 Å². The summed E-state index contributed by atoms with van der Waals surface area (Å²) in [7, 11) is 4.24. The zero-order chi connectivity index (χ0) is 18.6. The summed E-state index contributed by atoms with van der Waals surface area (Å²) in [4.78, 5) is 2.25. The van der Waals surface area contributed by atoms with E-state index in [2.05, 4.69) is 55.4 Å². The summed E-state index contributed by atoms with van der Waals surface area (Å²) in [6.07, 6.45) is 1.07. The highest BCUT2D eigenvalue weighted by Gasteiger charge is 2.35. The van der Waals surface area contributed by atoms with Crippen LogP contribution in [0.3, 0.4) is 0 Å². The van der Waals surface area contributed by atoms with Gasteiger partial charge in [0.2, 0.25) is 0 Å². The molecule has 0 saturated heterocycles. The predicted octanol–water partition coefficient (Wildman–Crippen LogP) is 4.87. The van der Waals surface area contributed by atoms with Gasteiger partial charge >= 0.3 is 0 Å². The minimum absolute atomic E-state index is 0.0484. The van der Waals surface area contributed by atoms with Crippen LogP contribution < -0.4 is 9.47 Å². The first-order chi connectivity index (χ1) is 13.2. The third kappa shape index (κ3) is 3.99. The second-order valence-corrected chi connectivity index (χ2v) is 7.22. The summed E-state index contributed by atoms with van der Waals surface area (Å²) in [6.45, 7) is 0.569. The molecule has 0 saturated carbocycles. The van der Waals surface area contributed by atoms with Gasteiger partial charge in [0.1, 0.15) is 24.2 Å². The first kappa shape index (κ1) is 17.6. The molecule has 1 aliphatic carbocycles. The molecule has 3 aromatic rings. The van der Waals surface area contributed by atoms with Crippen LogP contribution >= 0.6 is 0 Å². The number of ether oxygens (including phenoxy) is 2. The normalized spacial score (nSPS) is 18.3. The summed E-state index contributed by atoms with van der Waals surface area (Å²) < 4.78 is 12.3. The van der Waals surface area contributed by atoms with Gasteiger partial charge in [-0.05, 0) is 61.5 Å². The van der Waals surface area contributed by atoms with Crippen LogP contribution in [0.4, 0.5) is 0 Å². The van der Waals surface area contributed by atoms with Crippen LogP contribution in [0.2, 0.25) is 0 Å². The lowest BCUT2D eigenvalue weighted by Gasteiger charge is -2.27. The average Bonchev–Trinajstić information content (AvgIpc) is 3.07. The van der Waals surface area contributed by atoms with Crippen molar-refractivity contribution in [1.29, 1.82) is 0 Å². The average molecular weight is 359 g/mol.